The van der Waals surface area contributed by atoms with Crippen molar-refractivity contribution in [3.63, 3.8) is 0 Å². The van der Waals surface area contributed by atoms with Gasteiger partial charge in [-0.2, -0.15) is 4.31 Å². The average molecular weight is 381 g/mol. The third kappa shape index (κ3) is 4.25. The van der Waals surface area contributed by atoms with Gasteiger partial charge in [-0.25, -0.2) is 8.42 Å². The van der Waals surface area contributed by atoms with Crippen molar-refractivity contribution in [3.8, 4) is 0 Å². The Labute approximate surface area is 155 Å². The van der Waals surface area contributed by atoms with E-state index in [1.54, 1.807) is 4.90 Å². The standard InChI is InChI=1S/C18H27N3O4S/c1-2-20(14-15-6-4-3-5-7-15)18(22)17-12-16(13-19-17)26(23,24)21-8-10-25-11-9-21/h3-7,16-17,19H,2,8-14H2,1H3. The first-order valence-electron chi connectivity index (χ1n) is 9.15. The molecule has 2 unspecified atom stereocenters. The molecule has 7 nitrogen and oxygen atoms in total. The molecule has 2 fully saturated rings. The van der Waals surface area contributed by atoms with Gasteiger partial charge in [0.05, 0.1) is 24.5 Å². The van der Waals surface area contributed by atoms with Gasteiger partial charge < -0.3 is 15.0 Å². The fourth-order valence-electron chi connectivity index (χ4n) is 3.50. The highest BCUT2D eigenvalue weighted by Gasteiger charge is 2.41. The smallest absolute Gasteiger partial charge is 0.240 e. The molecule has 0 aliphatic carbocycles. The Kier molecular flexibility index (Phi) is 6.29. The van der Waals surface area contributed by atoms with Crippen LogP contribution in [-0.2, 0) is 26.1 Å². The van der Waals surface area contributed by atoms with Crippen LogP contribution in [0.3, 0.4) is 0 Å². The predicted octanol–water partition coefficient (Wildman–Crippen LogP) is 0.428. The number of amides is 1. The molecule has 0 saturated carbocycles. The quantitative estimate of drug-likeness (QED) is 0.773. The van der Waals surface area contributed by atoms with Gasteiger partial charge in [0, 0.05) is 32.7 Å². The van der Waals surface area contributed by atoms with E-state index < -0.39 is 21.3 Å². The number of benzene rings is 1. The van der Waals surface area contributed by atoms with Gasteiger partial charge in [0.1, 0.15) is 0 Å². The highest BCUT2D eigenvalue weighted by Crippen LogP contribution is 2.21. The molecule has 1 amide bonds. The summed E-state index contributed by atoms with van der Waals surface area (Å²) in [5, 5.41) is 2.57. The van der Waals surface area contributed by atoms with Gasteiger partial charge in [0.25, 0.3) is 0 Å². The van der Waals surface area contributed by atoms with Crippen LogP contribution < -0.4 is 5.32 Å². The first-order chi connectivity index (χ1) is 12.5. The van der Waals surface area contributed by atoms with Crippen molar-refractivity contribution >= 4 is 15.9 Å². The Balaban J connectivity index is 1.62. The molecule has 0 spiro atoms. The summed E-state index contributed by atoms with van der Waals surface area (Å²) in [5.41, 5.74) is 1.07. The molecule has 2 aliphatic heterocycles. The van der Waals surface area contributed by atoms with Gasteiger partial charge in [0.2, 0.25) is 15.9 Å². The fraction of sp³-hybridized carbons (Fsp3) is 0.611. The number of nitrogens with zero attached hydrogens (tertiary/aromatic N) is 2. The molecule has 8 heteroatoms. The Hall–Kier alpha value is -1.48. The van der Waals surface area contributed by atoms with Gasteiger partial charge in [0.15, 0.2) is 0 Å². The number of nitrogens with one attached hydrogen (secondary N) is 1. The summed E-state index contributed by atoms with van der Waals surface area (Å²) in [6.07, 6.45) is 0.323. The second-order valence-electron chi connectivity index (χ2n) is 6.71. The topological polar surface area (TPSA) is 79.0 Å². The maximum atomic E-state index is 12.9. The molecule has 2 aliphatic rings. The summed E-state index contributed by atoms with van der Waals surface area (Å²) in [4.78, 5) is 14.6. The van der Waals surface area contributed by atoms with Crippen molar-refractivity contribution in [2.24, 2.45) is 0 Å². The van der Waals surface area contributed by atoms with E-state index in [1.165, 1.54) is 4.31 Å². The molecule has 2 atom stereocenters. The second kappa shape index (κ2) is 8.47. The van der Waals surface area contributed by atoms with E-state index in [0.29, 0.717) is 52.4 Å². The third-order valence-corrected chi connectivity index (χ3v) is 7.34. The lowest BCUT2D eigenvalue weighted by atomic mass is 10.1. The van der Waals surface area contributed by atoms with Crippen molar-refractivity contribution in [1.29, 1.82) is 0 Å². The minimum absolute atomic E-state index is 0.0315. The normalized spacial score (nSPS) is 24.5. The Morgan fingerprint density at radius 1 is 1.27 bits per heavy atom. The fourth-order valence-corrected chi connectivity index (χ4v) is 5.32. The largest absolute Gasteiger partial charge is 0.379 e. The monoisotopic (exact) mass is 381 g/mol. The Morgan fingerprint density at radius 3 is 2.62 bits per heavy atom. The van der Waals surface area contributed by atoms with Crippen molar-refractivity contribution in [1.82, 2.24) is 14.5 Å². The van der Waals surface area contributed by atoms with Crippen molar-refractivity contribution in [3.05, 3.63) is 35.9 Å². The lowest BCUT2D eigenvalue weighted by molar-refractivity contribution is -0.133. The summed E-state index contributed by atoms with van der Waals surface area (Å²) < 4.78 is 32.3. The predicted molar refractivity (Wildman–Crippen MR) is 99.0 cm³/mol. The molecule has 3 rings (SSSR count). The van der Waals surface area contributed by atoms with Crippen molar-refractivity contribution in [2.45, 2.75) is 31.2 Å². The molecule has 0 radical (unpaired) electrons. The number of ether oxygens (including phenoxy) is 1. The van der Waals surface area contributed by atoms with E-state index in [4.69, 9.17) is 4.74 Å². The Morgan fingerprint density at radius 2 is 1.96 bits per heavy atom. The zero-order valence-electron chi connectivity index (χ0n) is 15.1. The molecule has 0 bridgehead atoms. The Bertz CT molecular complexity index is 704. The highest BCUT2D eigenvalue weighted by atomic mass is 32.2. The lowest BCUT2D eigenvalue weighted by Crippen LogP contribution is -2.45. The van der Waals surface area contributed by atoms with Crippen molar-refractivity contribution in [2.75, 3.05) is 39.4 Å². The maximum absolute atomic E-state index is 12.9. The van der Waals surface area contributed by atoms with Crippen LogP contribution in [0.2, 0.25) is 0 Å². The molecule has 26 heavy (non-hydrogen) atoms. The number of carbonyl (C=O) groups excluding carboxylic acids is 1. The molecular weight excluding hydrogens is 354 g/mol. The van der Waals surface area contributed by atoms with Gasteiger partial charge >= 0.3 is 0 Å². The first kappa shape index (κ1) is 19.3. The van der Waals surface area contributed by atoms with E-state index in [2.05, 4.69) is 5.32 Å². The molecule has 144 valence electrons. The van der Waals surface area contributed by atoms with Crippen LogP contribution in [0.1, 0.15) is 18.9 Å². The number of hydrogen-bond donors (Lipinski definition) is 1. The molecule has 0 aromatic heterocycles. The number of likely N-dealkylation sites (N-methyl/N-ethyl adjacent to an activating group) is 1. The maximum Gasteiger partial charge on any atom is 0.240 e. The van der Waals surface area contributed by atoms with E-state index in [-0.39, 0.29) is 5.91 Å². The van der Waals surface area contributed by atoms with Crippen LogP contribution in [0.4, 0.5) is 0 Å². The zero-order chi connectivity index (χ0) is 18.6. The second-order valence-corrected chi connectivity index (χ2v) is 8.93. The summed E-state index contributed by atoms with van der Waals surface area (Å²) in [5.74, 6) is -0.0315. The number of sulfonamides is 1. The summed E-state index contributed by atoms with van der Waals surface area (Å²) in [6, 6.07) is 9.38. The van der Waals surface area contributed by atoms with Crippen molar-refractivity contribution < 1.29 is 17.9 Å². The minimum atomic E-state index is -3.40. The van der Waals surface area contributed by atoms with E-state index in [0.717, 1.165) is 5.56 Å². The lowest BCUT2D eigenvalue weighted by Gasteiger charge is -2.28. The molecular formula is C18H27N3O4S. The van der Waals surface area contributed by atoms with E-state index >= 15 is 0 Å². The molecule has 1 N–H and O–H groups in total. The highest BCUT2D eigenvalue weighted by molar-refractivity contribution is 7.89. The van der Waals surface area contributed by atoms with E-state index in [1.807, 2.05) is 37.3 Å². The van der Waals surface area contributed by atoms with E-state index in [9.17, 15) is 13.2 Å². The molecule has 2 heterocycles. The van der Waals surface area contributed by atoms with Crippen LogP contribution in [-0.4, -0.2) is 74.2 Å². The number of morpholine rings is 1. The van der Waals surface area contributed by atoms with Crippen LogP contribution in [0.25, 0.3) is 0 Å². The third-order valence-electron chi connectivity index (χ3n) is 5.05. The average Bonchev–Trinajstić information content (AvgIpc) is 3.18. The number of hydrogen-bond acceptors (Lipinski definition) is 5. The van der Waals surface area contributed by atoms with Crippen LogP contribution in [0, 0.1) is 0 Å². The number of rotatable bonds is 6. The minimum Gasteiger partial charge on any atom is -0.379 e. The molecule has 2 saturated heterocycles. The van der Waals surface area contributed by atoms with Crippen LogP contribution >= 0.6 is 0 Å². The van der Waals surface area contributed by atoms with Crippen LogP contribution in [0.15, 0.2) is 30.3 Å². The number of carbonyl (C=O) groups is 1. The summed E-state index contributed by atoms with van der Waals surface area (Å²) in [6.45, 7) is 5.04. The summed E-state index contributed by atoms with van der Waals surface area (Å²) in [7, 11) is -3.40. The molecule has 1 aromatic carbocycles. The van der Waals surface area contributed by atoms with Gasteiger partial charge in [-0.15, -0.1) is 0 Å². The zero-order valence-corrected chi connectivity index (χ0v) is 16.0. The van der Waals surface area contributed by atoms with Gasteiger partial charge in [-0.05, 0) is 18.9 Å². The SMILES string of the molecule is CCN(Cc1ccccc1)C(=O)C1CC(S(=O)(=O)N2CCOCC2)CN1. The molecule has 1 aromatic rings. The van der Waals surface area contributed by atoms with Gasteiger partial charge in [-0.3, -0.25) is 4.79 Å². The summed E-state index contributed by atoms with van der Waals surface area (Å²) >= 11 is 0. The first-order valence-corrected chi connectivity index (χ1v) is 10.7. The van der Waals surface area contributed by atoms with Crippen LogP contribution in [0.5, 0.6) is 0 Å². The van der Waals surface area contributed by atoms with Gasteiger partial charge in [-0.1, -0.05) is 30.3 Å².